The minimum absolute atomic E-state index is 0.0238. The fraction of sp³-hybridized carbons (Fsp3) is 0.385. The van der Waals surface area contributed by atoms with Gasteiger partial charge in [0.2, 0.25) is 0 Å². The van der Waals surface area contributed by atoms with Crippen molar-refractivity contribution < 1.29 is 63.4 Å². The molecule has 0 radical (unpaired) electrons. The van der Waals surface area contributed by atoms with E-state index < -0.39 is 51.9 Å². The number of nitrogens with zero attached hydrogens (tertiary/aromatic N) is 14. The second kappa shape index (κ2) is 27.5. The monoisotopic (exact) mass is 1210 g/mol. The largest absolute Gasteiger partial charge is 0.523 e. The number of halogens is 8. The molecule has 0 aromatic carbocycles. The number of ether oxygens (including phenoxy) is 3. The molecule has 0 saturated carbocycles. The van der Waals surface area contributed by atoms with Gasteiger partial charge in [0.1, 0.15) is 69.7 Å². The molecule has 11 heterocycles. The lowest BCUT2D eigenvalue weighted by atomic mass is 10.1. The molecule has 83 heavy (non-hydrogen) atoms. The first kappa shape index (κ1) is 62.8. The SMILES string of the molecule is C[C@@H]1CCC[C@H](CO)O1.C[C@@H]1CN(c2ccc(C#N)n3ncc(F)c23)C[C@H](CO)O1.C[C@@H]1CN(c2ccc(C#N)n3ncc(F)c23)C[C@H](COS(=O)(=O)C(F)(F)F)O1.N#Cc1ccc(Cl)c2c(F)cnn12.N#Cc1ccc(Cl)c2ccnn12. The number of anilines is 2. The molecular weight excluding hydrogens is 1170 g/mol. The molecule has 3 fully saturated rings. The number of pyridine rings is 4. The van der Waals surface area contributed by atoms with Crippen LogP contribution in [0.2, 0.25) is 10.0 Å². The topological polar surface area (TPSA) is 282 Å². The maximum absolute atomic E-state index is 14.2. The minimum Gasteiger partial charge on any atom is -0.394 e. The summed E-state index contributed by atoms with van der Waals surface area (Å²) in [5.41, 5.74) is -2.23. The number of fused-ring (bicyclic) bond motifs is 4. The third kappa shape index (κ3) is 14.7. The molecule has 31 heteroatoms. The fourth-order valence-corrected chi connectivity index (χ4v) is 10.0. The first-order valence-electron chi connectivity index (χ1n) is 25.1. The molecule has 438 valence electrons. The average molecular weight is 1220 g/mol. The van der Waals surface area contributed by atoms with Gasteiger partial charge < -0.3 is 34.2 Å². The molecule has 3 saturated heterocycles. The molecule has 0 amide bonds. The summed E-state index contributed by atoms with van der Waals surface area (Å²) in [6, 6.07) is 22.1. The molecule has 0 spiro atoms. The van der Waals surface area contributed by atoms with Crippen molar-refractivity contribution in [1.29, 1.82) is 21.0 Å². The van der Waals surface area contributed by atoms with Crippen LogP contribution in [0.25, 0.3) is 22.1 Å². The van der Waals surface area contributed by atoms with Gasteiger partial charge in [-0.05, 0) is 94.6 Å². The van der Waals surface area contributed by atoms with Gasteiger partial charge in [-0.2, -0.15) is 63.0 Å². The normalized spacial score (nSPS) is 19.8. The first-order valence-corrected chi connectivity index (χ1v) is 27.2. The van der Waals surface area contributed by atoms with Crippen LogP contribution < -0.4 is 9.80 Å². The van der Waals surface area contributed by atoms with E-state index in [1.807, 2.05) is 36.1 Å². The number of rotatable bonds is 7. The molecule has 6 atom stereocenters. The quantitative estimate of drug-likeness (QED) is 0.0885. The zero-order chi connectivity index (χ0) is 60.3. The van der Waals surface area contributed by atoms with E-state index in [0.29, 0.717) is 41.3 Å². The summed E-state index contributed by atoms with van der Waals surface area (Å²) in [5.74, 6) is -1.68. The lowest BCUT2D eigenvalue weighted by Gasteiger charge is -2.38. The van der Waals surface area contributed by atoms with Crippen LogP contribution >= 0.6 is 23.2 Å². The Kier molecular flexibility index (Phi) is 20.8. The Morgan fingerprint density at radius 3 is 1.49 bits per heavy atom. The van der Waals surface area contributed by atoms with Crippen molar-refractivity contribution in [3.63, 3.8) is 0 Å². The van der Waals surface area contributed by atoms with Gasteiger partial charge in [-0.1, -0.05) is 23.2 Å². The molecule has 0 unspecified atom stereocenters. The molecule has 8 aromatic rings. The predicted molar refractivity (Wildman–Crippen MR) is 286 cm³/mol. The van der Waals surface area contributed by atoms with Crippen molar-refractivity contribution in [3.8, 4) is 24.3 Å². The third-order valence-corrected chi connectivity index (χ3v) is 14.3. The molecule has 2 N–H and O–H groups in total. The van der Waals surface area contributed by atoms with Crippen molar-refractivity contribution in [2.45, 2.75) is 82.2 Å². The van der Waals surface area contributed by atoms with Gasteiger partial charge in [0.25, 0.3) is 0 Å². The summed E-state index contributed by atoms with van der Waals surface area (Å²) < 4.78 is 126. The van der Waals surface area contributed by atoms with Crippen LogP contribution in [-0.2, 0) is 28.5 Å². The molecule has 22 nitrogen and oxygen atoms in total. The van der Waals surface area contributed by atoms with Crippen LogP contribution in [0.3, 0.4) is 0 Å². The van der Waals surface area contributed by atoms with Gasteiger partial charge in [0, 0.05) is 26.2 Å². The van der Waals surface area contributed by atoms with Gasteiger partial charge in [-0.15, -0.1) is 0 Å². The maximum Gasteiger partial charge on any atom is 0.523 e. The second-order valence-corrected chi connectivity index (χ2v) is 21.1. The Balaban J connectivity index is 0.000000158. The number of aromatic nitrogens is 8. The van der Waals surface area contributed by atoms with Crippen molar-refractivity contribution in [3.05, 3.63) is 130 Å². The van der Waals surface area contributed by atoms with E-state index in [9.17, 15) is 39.9 Å². The highest BCUT2D eigenvalue weighted by atomic mass is 35.5. The number of alkyl halides is 3. The number of aliphatic hydroxyl groups excluding tert-OH is 2. The summed E-state index contributed by atoms with van der Waals surface area (Å²) >= 11 is 11.6. The van der Waals surface area contributed by atoms with Gasteiger partial charge >= 0.3 is 15.6 Å². The average Bonchev–Trinajstić information content (AvgIpc) is 4.53. The molecule has 3 aliphatic rings. The van der Waals surface area contributed by atoms with Crippen LogP contribution in [0.5, 0.6) is 0 Å². The molecule has 0 aliphatic carbocycles. The highest BCUT2D eigenvalue weighted by molar-refractivity contribution is 7.87. The van der Waals surface area contributed by atoms with E-state index in [1.54, 1.807) is 48.4 Å². The van der Waals surface area contributed by atoms with Crippen molar-refractivity contribution in [1.82, 2.24) is 38.5 Å². The van der Waals surface area contributed by atoms with Crippen LogP contribution in [-0.4, -0.2) is 145 Å². The predicted octanol–water partition coefficient (Wildman–Crippen LogP) is 7.53. The Labute approximate surface area is 479 Å². The van der Waals surface area contributed by atoms with E-state index in [0.717, 1.165) is 41.5 Å². The van der Waals surface area contributed by atoms with Crippen LogP contribution in [0.4, 0.5) is 37.7 Å². The van der Waals surface area contributed by atoms with Crippen LogP contribution in [0.1, 0.15) is 62.8 Å². The van der Waals surface area contributed by atoms with Crippen LogP contribution in [0.15, 0.2) is 79.4 Å². The Morgan fingerprint density at radius 2 is 1.02 bits per heavy atom. The molecule has 3 aliphatic heterocycles. The maximum atomic E-state index is 14.2. The molecule has 8 aromatic heterocycles. The summed E-state index contributed by atoms with van der Waals surface area (Å²) in [6.07, 6.45) is 6.65. The third-order valence-electron chi connectivity index (χ3n) is 12.7. The number of nitriles is 4. The Hall–Kier alpha value is -7.81. The highest BCUT2D eigenvalue weighted by Gasteiger charge is 2.48. The first-order chi connectivity index (χ1) is 39.6. The van der Waals surface area contributed by atoms with Gasteiger partial charge in [0.05, 0.1) is 102 Å². The van der Waals surface area contributed by atoms with Gasteiger partial charge in [0.15, 0.2) is 17.5 Å². The number of morpholine rings is 2. The van der Waals surface area contributed by atoms with E-state index in [1.165, 1.54) is 44.2 Å². The van der Waals surface area contributed by atoms with Crippen molar-refractivity contribution in [2.75, 3.05) is 55.8 Å². The minimum atomic E-state index is -5.75. The second-order valence-electron chi connectivity index (χ2n) is 18.7. The lowest BCUT2D eigenvalue weighted by molar-refractivity contribution is -0.0657. The van der Waals surface area contributed by atoms with Crippen LogP contribution in [0, 0.1) is 62.8 Å². The van der Waals surface area contributed by atoms with E-state index in [2.05, 4.69) is 31.5 Å². The summed E-state index contributed by atoms with van der Waals surface area (Å²) in [6.45, 7) is 6.10. The molecule has 11 rings (SSSR count). The lowest BCUT2D eigenvalue weighted by Crippen LogP contribution is -2.49. The number of hydrogen-bond acceptors (Lipinski definition) is 18. The number of aliphatic hydroxyl groups is 2. The highest BCUT2D eigenvalue weighted by Crippen LogP contribution is 2.32. The zero-order valence-corrected chi connectivity index (χ0v) is 46.4. The molecule has 0 bridgehead atoms. The summed E-state index contributed by atoms with van der Waals surface area (Å²) in [7, 11) is -5.75. The summed E-state index contributed by atoms with van der Waals surface area (Å²) in [5, 5.41) is 69.7. The van der Waals surface area contributed by atoms with E-state index in [4.69, 9.17) is 63.6 Å². The standard InChI is InChI=1S/C15H14F4N4O4S.C14H15FN4O2.C8H3ClFN3.C8H4ClN3.C7H14O2/c1-9-6-22(7-11(27-9)8-26-28(24,25)15(17,18)19)13-3-2-10(4-20)23-14(13)12(16)5-21-23;1-9-6-18(7-11(8-20)21-9)13-3-2-10(4-16)19-14(13)12(15)5-17-19;9-6-2-1-5(3-11)13-8(6)7(10)4-12-13;9-7-2-1-6(5-10)12-8(7)3-4-11-12;1-6-3-2-4-7(5-8)9-6/h2-3,5,9,11H,6-8H2,1H3;2-3,5,9,11,20H,6-8H2,1H3;1-2,4H;1-4H;6-8H,2-5H2,1H3/t2*9-,11-;;;6-,7-/m11..1/s1. The van der Waals surface area contributed by atoms with Gasteiger partial charge in [-0.25, -0.2) is 31.2 Å². The fourth-order valence-electron chi connectivity index (χ4n) is 9.10. The zero-order valence-electron chi connectivity index (χ0n) is 44.1. The van der Waals surface area contributed by atoms with E-state index in [-0.39, 0.29) is 83.3 Å². The smallest absolute Gasteiger partial charge is 0.394 e. The number of hydrogen-bond donors (Lipinski definition) is 2. The Bertz CT molecular complexity index is 3870. The van der Waals surface area contributed by atoms with Crippen molar-refractivity contribution >= 4 is 66.8 Å². The molecular formula is C52H50Cl2F6N14O8S. The van der Waals surface area contributed by atoms with Gasteiger partial charge in [-0.3, -0.25) is 4.18 Å². The summed E-state index contributed by atoms with van der Waals surface area (Å²) in [4.78, 5) is 3.57. The Morgan fingerprint density at radius 1 is 0.590 bits per heavy atom. The van der Waals surface area contributed by atoms with E-state index >= 15 is 0 Å². The van der Waals surface area contributed by atoms with Crippen molar-refractivity contribution in [2.24, 2.45) is 0 Å².